The molecule has 0 aliphatic rings. The van der Waals surface area contributed by atoms with Gasteiger partial charge < -0.3 is 5.73 Å². The van der Waals surface area contributed by atoms with Crippen molar-refractivity contribution in [1.82, 2.24) is 14.6 Å². The predicted molar refractivity (Wildman–Crippen MR) is 78.2 cm³/mol. The van der Waals surface area contributed by atoms with Crippen LogP contribution >= 0.6 is 12.4 Å². The Morgan fingerprint density at radius 3 is 2.81 bits per heavy atom. The summed E-state index contributed by atoms with van der Waals surface area (Å²) in [6.07, 6.45) is 2.96. The summed E-state index contributed by atoms with van der Waals surface area (Å²) in [5, 5.41) is 3.98. The molecule has 0 amide bonds. The minimum absolute atomic E-state index is 0. The number of fused-ring (bicyclic) bond motifs is 1. The Bertz CT molecular complexity index is 801. The third kappa shape index (κ3) is 2.36. The fourth-order valence-electron chi connectivity index (χ4n) is 2.25. The Kier molecular flexibility index (Phi) is 4.20. The Balaban J connectivity index is 0.00000161. The van der Waals surface area contributed by atoms with E-state index < -0.39 is 11.6 Å². The molecule has 0 atom stereocenters. The first-order valence-electron chi connectivity index (χ1n) is 6.09. The third-order valence-corrected chi connectivity index (χ3v) is 3.36. The highest BCUT2D eigenvalue weighted by atomic mass is 35.5. The van der Waals surface area contributed by atoms with E-state index >= 15 is 0 Å². The minimum Gasteiger partial charge on any atom is -0.326 e. The molecule has 3 aromatic rings. The van der Waals surface area contributed by atoms with E-state index in [0.29, 0.717) is 16.6 Å². The fourth-order valence-corrected chi connectivity index (χ4v) is 2.25. The number of rotatable bonds is 2. The van der Waals surface area contributed by atoms with Gasteiger partial charge in [-0.1, -0.05) is 0 Å². The molecule has 0 bridgehead atoms. The lowest BCUT2D eigenvalue weighted by Crippen LogP contribution is -2.06. The highest BCUT2D eigenvalue weighted by molar-refractivity contribution is 5.85. The van der Waals surface area contributed by atoms with Crippen molar-refractivity contribution in [3.63, 3.8) is 0 Å². The molecule has 0 unspecified atom stereocenters. The normalized spacial score (nSPS) is 10.7. The first-order chi connectivity index (χ1) is 9.63. The number of hydrogen-bond acceptors (Lipinski definition) is 3. The highest BCUT2D eigenvalue weighted by Crippen LogP contribution is 2.31. The van der Waals surface area contributed by atoms with E-state index in [-0.39, 0.29) is 30.2 Å². The van der Waals surface area contributed by atoms with Gasteiger partial charge in [-0.2, -0.15) is 5.10 Å². The summed E-state index contributed by atoms with van der Waals surface area (Å²) < 4.78 is 30.2. The summed E-state index contributed by atoms with van der Waals surface area (Å²) in [6.45, 7) is 1.67. The second-order valence-corrected chi connectivity index (χ2v) is 4.48. The Morgan fingerprint density at radius 2 is 2.10 bits per heavy atom. The second-order valence-electron chi connectivity index (χ2n) is 4.48. The fraction of sp³-hybridized carbons (Fsp3) is 0.143. The molecule has 0 radical (unpaired) electrons. The van der Waals surface area contributed by atoms with E-state index in [1.807, 2.05) is 0 Å². The van der Waals surface area contributed by atoms with E-state index in [9.17, 15) is 8.78 Å². The highest BCUT2D eigenvalue weighted by Gasteiger charge is 2.20. The SMILES string of the molecule is Cc1c(CN)cc(F)c(-c2ncnn3cccc23)c1F.Cl. The van der Waals surface area contributed by atoms with Crippen LogP contribution in [0, 0.1) is 18.6 Å². The van der Waals surface area contributed by atoms with Crippen LogP contribution in [0.5, 0.6) is 0 Å². The predicted octanol–water partition coefficient (Wildman–Crippen LogP) is 2.86. The summed E-state index contributed by atoms with van der Waals surface area (Å²) >= 11 is 0. The van der Waals surface area contributed by atoms with Gasteiger partial charge in [0.2, 0.25) is 0 Å². The first kappa shape index (κ1) is 15.3. The molecule has 0 saturated carbocycles. The number of nitrogens with zero attached hydrogens (tertiary/aromatic N) is 3. The molecule has 110 valence electrons. The number of aromatic nitrogens is 3. The molecule has 0 aliphatic carbocycles. The van der Waals surface area contributed by atoms with Crippen LogP contribution in [0.1, 0.15) is 11.1 Å². The molecule has 1 aromatic carbocycles. The van der Waals surface area contributed by atoms with Crippen LogP contribution in [-0.2, 0) is 6.54 Å². The minimum atomic E-state index is -0.671. The van der Waals surface area contributed by atoms with Gasteiger partial charge in [0.1, 0.15) is 23.7 Å². The van der Waals surface area contributed by atoms with Crippen LogP contribution < -0.4 is 5.73 Å². The molecule has 0 saturated heterocycles. The molecule has 2 aromatic heterocycles. The molecule has 3 rings (SSSR count). The quantitative estimate of drug-likeness (QED) is 0.792. The Morgan fingerprint density at radius 1 is 1.33 bits per heavy atom. The molecule has 0 spiro atoms. The van der Waals surface area contributed by atoms with Crippen molar-refractivity contribution in [3.05, 3.63) is 53.5 Å². The van der Waals surface area contributed by atoms with Gasteiger partial charge in [0.05, 0.1) is 11.1 Å². The zero-order valence-corrected chi connectivity index (χ0v) is 12.0. The van der Waals surface area contributed by atoms with Crippen molar-refractivity contribution < 1.29 is 8.78 Å². The molecule has 21 heavy (non-hydrogen) atoms. The van der Waals surface area contributed by atoms with Crippen molar-refractivity contribution in [3.8, 4) is 11.3 Å². The molecule has 0 aliphatic heterocycles. The van der Waals surface area contributed by atoms with Gasteiger partial charge in [-0.25, -0.2) is 18.3 Å². The van der Waals surface area contributed by atoms with E-state index in [1.54, 1.807) is 25.3 Å². The molecule has 4 nitrogen and oxygen atoms in total. The molecule has 2 heterocycles. The zero-order valence-electron chi connectivity index (χ0n) is 11.2. The van der Waals surface area contributed by atoms with Crippen LogP contribution in [0.4, 0.5) is 8.78 Å². The lowest BCUT2D eigenvalue weighted by Gasteiger charge is -2.11. The van der Waals surface area contributed by atoms with Crippen LogP contribution in [-0.4, -0.2) is 14.6 Å². The molecular weight excluding hydrogens is 298 g/mol. The molecule has 7 heteroatoms. The smallest absolute Gasteiger partial charge is 0.138 e. The number of nitrogens with two attached hydrogens (primary N) is 1. The molecule has 0 fully saturated rings. The molecular formula is C14H13ClF2N4. The van der Waals surface area contributed by atoms with Gasteiger partial charge in [-0.05, 0) is 36.2 Å². The van der Waals surface area contributed by atoms with Crippen molar-refractivity contribution >= 4 is 17.9 Å². The standard InChI is InChI=1S/C14H12F2N4.ClH/c1-8-9(6-17)5-10(15)12(13(8)16)14-11-3-2-4-20(11)19-7-18-14;/h2-5,7H,6,17H2,1H3;1H. The number of halogens is 3. The monoisotopic (exact) mass is 310 g/mol. The van der Waals surface area contributed by atoms with Gasteiger partial charge in [0.25, 0.3) is 0 Å². The van der Waals surface area contributed by atoms with Gasteiger partial charge in [-0.15, -0.1) is 12.4 Å². The summed E-state index contributed by atoms with van der Waals surface area (Å²) in [5.74, 6) is -1.30. The average Bonchev–Trinajstić information content (AvgIpc) is 2.92. The van der Waals surface area contributed by atoms with Gasteiger partial charge in [-0.3, -0.25) is 0 Å². The zero-order chi connectivity index (χ0) is 14.3. The Labute approximate surface area is 126 Å². The molecule has 2 N–H and O–H groups in total. The lowest BCUT2D eigenvalue weighted by atomic mass is 10.0. The van der Waals surface area contributed by atoms with Crippen LogP contribution in [0.2, 0.25) is 0 Å². The summed E-state index contributed by atoms with van der Waals surface area (Å²) in [7, 11) is 0. The first-order valence-corrected chi connectivity index (χ1v) is 6.09. The van der Waals surface area contributed by atoms with Crippen molar-refractivity contribution in [2.24, 2.45) is 5.73 Å². The maximum atomic E-state index is 14.5. The summed E-state index contributed by atoms with van der Waals surface area (Å²) in [5.41, 5.74) is 6.90. The second kappa shape index (κ2) is 5.75. The number of hydrogen-bond donors (Lipinski definition) is 1. The van der Waals surface area contributed by atoms with E-state index in [4.69, 9.17) is 5.73 Å². The van der Waals surface area contributed by atoms with E-state index in [1.165, 1.54) is 16.9 Å². The van der Waals surface area contributed by atoms with Crippen LogP contribution in [0.3, 0.4) is 0 Å². The maximum Gasteiger partial charge on any atom is 0.138 e. The topological polar surface area (TPSA) is 56.2 Å². The van der Waals surface area contributed by atoms with Crippen molar-refractivity contribution in [2.75, 3.05) is 0 Å². The Hall–Kier alpha value is -2.05. The number of benzene rings is 1. The van der Waals surface area contributed by atoms with E-state index in [2.05, 4.69) is 10.1 Å². The van der Waals surface area contributed by atoms with Crippen molar-refractivity contribution in [2.45, 2.75) is 13.5 Å². The maximum absolute atomic E-state index is 14.5. The van der Waals surface area contributed by atoms with Gasteiger partial charge >= 0.3 is 0 Å². The van der Waals surface area contributed by atoms with Gasteiger partial charge in [0, 0.05) is 12.7 Å². The summed E-state index contributed by atoms with van der Waals surface area (Å²) in [4.78, 5) is 4.02. The van der Waals surface area contributed by atoms with Crippen LogP contribution in [0.15, 0.2) is 30.7 Å². The average molecular weight is 311 g/mol. The largest absolute Gasteiger partial charge is 0.326 e. The third-order valence-electron chi connectivity index (χ3n) is 3.36. The lowest BCUT2D eigenvalue weighted by molar-refractivity contribution is 0.578. The van der Waals surface area contributed by atoms with Crippen molar-refractivity contribution in [1.29, 1.82) is 0 Å². The van der Waals surface area contributed by atoms with E-state index in [0.717, 1.165) is 0 Å². The van der Waals surface area contributed by atoms with Gasteiger partial charge in [0.15, 0.2) is 0 Å². The van der Waals surface area contributed by atoms with Crippen LogP contribution in [0.25, 0.3) is 16.8 Å². The summed E-state index contributed by atoms with van der Waals surface area (Å²) in [6, 6.07) is 4.71.